The molecular weight excluding hydrogens is 623 g/mol. The predicted octanol–water partition coefficient (Wildman–Crippen LogP) is 10.4. The molecule has 0 bridgehead atoms. The molecule has 0 radical (unpaired) electrons. The molecule has 0 rings (SSSR count). The largest absolute Gasteiger partial charge is 0.472 e. The zero-order chi connectivity index (χ0) is 35.8. The Morgan fingerprint density at radius 3 is 1.54 bits per heavy atom. The molecule has 0 fully saturated rings. The van der Waals surface area contributed by atoms with E-state index in [4.69, 9.17) is 9.05 Å². The van der Waals surface area contributed by atoms with Crippen LogP contribution in [0.3, 0.4) is 0 Å². The van der Waals surface area contributed by atoms with Crippen molar-refractivity contribution in [3.63, 3.8) is 0 Å². The average Bonchev–Trinajstić information content (AvgIpc) is 3.02. The number of aliphatic hydroxyl groups excluding tert-OH is 1. The number of quaternary nitrogens is 1. The standard InChI is InChI=1S/C39H79N2O6P/c1-6-8-10-12-14-16-17-18-19-20-21-22-23-25-26-28-30-32-38(42)37(36-47-48(44,45)46-35-34-41(3,4)5)40-39(43)33-31-29-27-24-15-13-11-9-7-2/h30,32,37-38,42H,6-29,31,33-36H2,1-5H3,(H-,40,43,44,45)/p+1/b32-30+. The van der Waals surface area contributed by atoms with Gasteiger partial charge in [-0.1, -0.05) is 167 Å². The number of nitrogens with zero attached hydrogens (tertiary/aromatic N) is 1. The first-order valence-corrected chi connectivity index (χ1v) is 21.6. The van der Waals surface area contributed by atoms with Crippen molar-refractivity contribution >= 4 is 13.7 Å². The lowest BCUT2D eigenvalue weighted by atomic mass is 10.0. The first kappa shape index (κ1) is 47.2. The van der Waals surface area contributed by atoms with Crippen molar-refractivity contribution in [2.45, 2.75) is 193 Å². The van der Waals surface area contributed by atoms with Crippen LogP contribution in [0, 0.1) is 0 Å². The predicted molar refractivity (Wildman–Crippen MR) is 203 cm³/mol. The number of rotatable bonds is 36. The zero-order valence-corrected chi connectivity index (χ0v) is 33.1. The van der Waals surface area contributed by atoms with Gasteiger partial charge in [0.1, 0.15) is 13.2 Å². The summed E-state index contributed by atoms with van der Waals surface area (Å²) in [6.45, 7) is 4.79. The second-order valence-electron chi connectivity index (χ2n) is 15.0. The summed E-state index contributed by atoms with van der Waals surface area (Å²) < 4.78 is 23.4. The van der Waals surface area contributed by atoms with Gasteiger partial charge >= 0.3 is 7.82 Å². The van der Waals surface area contributed by atoms with Crippen LogP contribution >= 0.6 is 7.82 Å². The second-order valence-corrected chi connectivity index (χ2v) is 16.5. The molecule has 3 N–H and O–H groups in total. The van der Waals surface area contributed by atoms with Crippen LogP contribution in [0.5, 0.6) is 0 Å². The molecule has 48 heavy (non-hydrogen) atoms. The number of amides is 1. The van der Waals surface area contributed by atoms with E-state index in [0.717, 1.165) is 32.1 Å². The summed E-state index contributed by atoms with van der Waals surface area (Å²) in [7, 11) is 1.58. The van der Waals surface area contributed by atoms with Gasteiger partial charge in [0.25, 0.3) is 0 Å². The number of phosphoric ester groups is 1. The van der Waals surface area contributed by atoms with E-state index in [1.807, 2.05) is 27.2 Å². The first-order chi connectivity index (χ1) is 23.0. The van der Waals surface area contributed by atoms with Gasteiger partial charge in [0, 0.05) is 6.42 Å². The number of carbonyl (C=O) groups excluding carboxylic acids is 1. The van der Waals surface area contributed by atoms with Crippen molar-refractivity contribution < 1.29 is 32.9 Å². The Hall–Kier alpha value is -0.760. The fraction of sp³-hybridized carbons (Fsp3) is 0.923. The molecule has 0 aliphatic rings. The number of unbranched alkanes of at least 4 members (excludes halogenated alkanes) is 23. The summed E-state index contributed by atoms with van der Waals surface area (Å²) in [6.07, 6.45) is 34.2. The summed E-state index contributed by atoms with van der Waals surface area (Å²) in [4.78, 5) is 22.9. The van der Waals surface area contributed by atoms with Crippen LogP contribution in [0.2, 0.25) is 0 Å². The maximum atomic E-state index is 12.7. The molecule has 0 aromatic carbocycles. The highest BCUT2D eigenvalue weighted by Crippen LogP contribution is 2.43. The quantitative estimate of drug-likeness (QED) is 0.0260. The van der Waals surface area contributed by atoms with Crippen molar-refractivity contribution in [1.82, 2.24) is 5.32 Å². The molecule has 0 saturated carbocycles. The van der Waals surface area contributed by atoms with Gasteiger partial charge in [-0.2, -0.15) is 0 Å². The highest BCUT2D eigenvalue weighted by Gasteiger charge is 2.27. The monoisotopic (exact) mass is 704 g/mol. The molecule has 3 atom stereocenters. The molecule has 0 aliphatic carbocycles. The zero-order valence-electron chi connectivity index (χ0n) is 32.2. The van der Waals surface area contributed by atoms with E-state index >= 15 is 0 Å². The van der Waals surface area contributed by atoms with Gasteiger partial charge in [0.05, 0.1) is 39.9 Å². The van der Waals surface area contributed by atoms with Crippen LogP contribution in [-0.2, 0) is 18.4 Å². The van der Waals surface area contributed by atoms with E-state index in [0.29, 0.717) is 17.4 Å². The molecule has 3 unspecified atom stereocenters. The summed E-state index contributed by atoms with van der Waals surface area (Å²) in [5, 5.41) is 13.7. The van der Waals surface area contributed by atoms with Crippen molar-refractivity contribution in [1.29, 1.82) is 0 Å². The number of phosphoric acid groups is 1. The van der Waals surface area contributed by atoms with Gasteiger partial charge in [-0.3, -0.25) is 13.8 Å². The van der Waals surface area contributed by atoms with Crippen LogP contribution in [-0.4, -0.2) is 73.4 Å². The summed E-state index contributed by atoms with van der Waals surface area (Å²) in [5.74, 6) is -0.180. The third-order valence-electron chi connectivity index (χ3n) is 9.01. The second kappa shape index (κ2) is 32.2. The van der Waals surface area contributed by atoms with Crippen LogP contribution in [0.15, 0.2) is 12.2 Å². The lowest BCUT2D eigenvalue weighted by Crippen LogP contribution is -2.45. The lowest BCUT2D eigenvalue weighted by Gasteiger charge is -2.25. The van der Waals surface area contributed by atoms with Gasteiger partial charge in [0.2, 0.25) is 5.91 Å². The molecule has 8 nitrogen and oxygen atoms in total. The van der Waals surface area contributed by atoms with Gasteiger partial charge < -0.3 is 19.8 Å². The number of hydrogen-bond donors (Lipinski definition) is 3. The van der Waals surface area contributed by atoms with Crippen molar-refractivity contribution in [3.8, 4) is 0 Å². The summed E-state index contributed by atoms with van der Waals surface area (Å²) >= 11 is 0. The van der Waals surface area contributed by atoms with E-state index < -0.39 is 20.0 Å². The SMILES string of the molecule is CCCCCCCCCCCCCCCCC/C=C/C(O)C(COP(=O)(O)OCC[N+](C)(C)C)NC(=O)CCCCCCCCCCC. The van der Waals surface area contributed by atoms with E-state index in [2.05, 4.69) is 19.2 Å². The van der Waals surface area contributed by atoms with E-state index in [9.17, 15) is 19.4 Å². The third kappa shape index (κ3) is 33.7. The maximum Gasteiger partial charge on any atom is 0.472 e. The van der Waals surface area contributed by atoms with Gasteiger partial charge in [0.15, 0.2) is 0 Å². The lowest BCUT2D eigenvalue weighted by molar-refractivity contribution is -0.870. The minimum atomic E-state index is -4.32. The highest BCUT2D eigenvalue weighted by atomic mass is 31.2. The minimum Gasteiger partial charge on any atom is -0.387 e. The van der Waals surface area contributed by atoms with E-state index in [1.54, 1.807) is 6.08 Å². The number of hydrogen-bond acceptors (Lipinski definition) is 5. The maximum absolute atomic E-state index is 12.7. The van der Waals surface area contributed by atoms with Crippen LogP contribution in [0.1, 0.15) is 181 Å². The minimum absolute atomic E-state index is 0.0641. The Labute approximate surface area is 297 Å². The molecule has 0 aromatic rings. The fourth-order valence-electron chi connectivity index (χ4n) is 5.75. The summed E-state index contributed by atoms with van der Waals surface area (Å²) in [5.41, 5.74) is 0. The number of allylic oxidation sites excluding steroid dienone is 1. The Morgan fingerprint density at radius 1 is 0.688 bits per heavy atom. The number of likely N-dealkylation sites (N-methyl/N-ethyl adjacent to an activating group) is 1. The Kier molecular flexibility index (Phi) is 31.7. The van der Waals surface area contributed by atoms with E-state index in [1.165, 1.54) is 128 Å². The van der Waals surface area contributed by atoms with E-state index in [-0.39, 0.29) is 19.1 Å². The van der Waals surface area contributed by atoms with Crippen molar-refractivity contribution in [2.75, 3.05) is 40.9 Å². The van der Waals surface area contributed by atoms with Crippen molar-refractivity contribution in [2.24, 2.45) is 0 Å². The molecule has 0 heterocycles. The molecule has 0 aromatic heterocycles. The Balaban J connectivity index is 4.44. The molecule has 9 heteroatoms. The number of aliphatic hydroxyl groups is 1. The van der Waals surface area contributed by atoms with Gasteiger partial charge in [-0.05, 0) is 19.3 Å². The normalized spacial score (nSPS) is 14.7. The van der Waals surface area contributed by atoms with Crippen LogP contribution in [0.25, 0.3) is 0 Å². The highest BCUT2D eigenvalue weighted by molar-refractivity contribution is 7.47. The molecule has 0 saturated heterocycles. The van der Waals surface area contributed by atoms with Gasteiger partial charge in [-0.25, -0.2) is 4.57 Å². The fourth-order valence-corrected chi connectivity index (χ4v) is 6.48. The van der Waals surface area contributed by atoms with Crippen LogP contribution in [0.4, 0.5) is 0 Å². The summed E-state index contributed by atoms with van der Waals surface area (Å²) in [6, 6.07) is -0.837. The molecular formula is C39H80N2O6P+. The van der Waals surface area contributed by atoms with Crippen LogP contribution < -0.4 is 5.32 Å². The first-order valence-electron chi connectivity index (χ1n) is 20.1. The molecule has 286 valence electrons. The third-order valence-corrected chi connectivity index (χ3v) is 9.99. The average molecular weight is 704 g/mol. The number of nitrogens with one attached hydrogen (secondary N) is 1. The molecule has 0 spiro atoms. The smallest absolute Gasteiger partial charge is 0.387 e. The number of carbonyl (C=O) groups is 1. The van der Waals surface area contributed by atoms with Crippen molar-refractivity contribution in [3.05, 3.63) is 12.2 Å². The molecule has 0 aliphatic heterocycles. The van der Waals surface area contributed by atoms with Gasteiger partial charge in [-0.15, -0.1) is 0 Å². The topological polar surface area (TPSA) is 105 Å². The molecule has 1 amide bonds. The Morgan fingerprint density at radius 2 is 1.10 bits per heavy atom. The Bertz CT molecular complexity index is 804.